The summed E-state index contributed by atoms with van der Waals surface area (Å²) in [6.07, 6.45) is 3.94. The van der Waals surface area contributed by atoms with Gasteiger partial charge in [-0.3, -0.25) is 4.79 Å². The molecule has 168 valence electrons. The Labute approximate surface area is 191 Å². The second-order valence-corrected chi connectivity index (χ2v) is 9.79. The first-order valence-electron chi connectivity index (χ1n) is 11.0. The lowest BCUT2D eigenvalue weighted by atomic mass is 9.82. The van der Waals surface area contributed by atoms with Gasteiger partial charge in [0.2, 0.25) is 0 Å². The van der Waals surface area contributed by atoms with Crippen molar-refractivity contribution in [3.05, 3.63) is 63.8 Å². The molecule has 7 heteroatoms. The molecule has 2 heterocycles. The Morgan fingerprint density at radius 2 is 1.84 bits per heavy atom. The third-order valence-electron chi connectivity index (χ3n) is 6.03. The zero-order valence-electron chi connectivity index (χ0n) is 18.2. The topological polar surface area (TPSA) is 81.4 Å². The Bertz CT molecular complexity index is 1110. The van der Waals surface area contributed by atoms with Gasteiger partial charge < -0.3 is 9.84 Å². The van der Waals surface area contributed by atoms with Crippen LogP contribution in [-0.2, 0) is 16.1 Å². The summed E-state index contributed by atoms with van der Waals surface area (Å²) < 4.78 is 6.89. The van der Waals surface area contributed by atoms with Crippen LogP contribution in [0.3, 0.4) is 0 Å². The Morgan fingerprint density at radius 3 is 2.50 bits per heavy atom. The summed E-state index contributed by atoms with van der Waals surface area (Å²) in [4.78, 5) is 25.8. The van der Waals surface area contributed by atoms with Crippen molar-refractivity contribution in [2.45, 2.75) is 39.2 Å². The van der Waals surface area contributed by atoms with Crippen LogP contribution < -0.4 is 5.56 Å². The maximum Gasteiger partial charge on any atom is 0.329 e. The molecule has 1 aliphatic carbocycles. The first-order chi connectivity index (χ1) is 15.5. The second kappa shape index (κ2) is 10.2. The van der Waals surface area contributed by atoms with Gasteiger partial charge in [-0.15, -0.1) is 11.3 Å². The average molecular weight is 453 g/mol. The SMILES string of the molecule is Cc1ccc(-c2cc(=O)n(CC3CCC(COCC(=O)O)CC3)nc2-c2ccccc2)s1. The maximum atomic E-state index is 13.0. The number of benzene rings is 1. The summed E-state index contributed by atoms with van der Waals surface area (Å²) in [6, 6.07) is 15.9. The number of hydrogen-bond donors (Lipinski definition) is 1. The molecule has 0 atom stereocenters. The number of carbonyl (C=O) groups is 1. The predicted molar refractivity (Wildman–Crippen MR) is 126 cm³/mol. The molecule has 0 spiro atoms. The summed E-state index contributed by atoms with van der Waals surface area (Å²) in [5, 5.41) is 13.5. The standard InChI is InChI=1S/C25H28N2O4S/c1-17-7-12-22(32-17)21-13-23(28)27(26-25(21)20-5-3-2-4-6-20)14-18-8-10-19(11-9-18)15-31-16-24(29)30/h2-7,12-13,18-19H,8-11,14-16H2,1H3,(H,29,30). The molecule has 0 bridgehead atoms. The first kappa shape index (κ1) is 22.4. The minimum absolute atomic E-state index is 0.0716. The fourth-order valence-corrected chi connectivity index (χ4v) is 5.22. The number of carboxylic acid groups (broad SMARTS) is 1. The van der Waals surface area contributed by atoms with Crippen LogP contribution in [0.1, 0.15) is 30.6 Å². The Balaban J connectivity index is 1.52. The summed E-state index contributed by atoms with van der Waals surface area (Å²) in [5.41, 5.74) is 2.65. The van der Waals surface area contributed by atoms with Crippen molar-refractivity contribution >= 4 is 17.3 Å². The number of carboxylic acids is 1. The molecule has 6 nitrogen and oxygen atoms in total. The number of aryl methyl sites for hydroxylation is 1. The molecule has 0 unspecified atom stereocenters. The van der Waals surface area contributed by atoms with E-state index in [4.69, 9.17) is 14.9 Å². The van der Waals surface area contributed by atoms with Gasteiger partial charge in [0.25, 0.3) is 5.56 Å². The normalized spacial score (nSPS) is 18.5. The number of aliphatic carboxylic acids is 1. The fraction of sp³-hybridized carbons (Fsp3) is 0.400. The van der Waals surface area contributed by atoms with Crippen LogP contribution in [0.4, 0.5) is 0 Å². The molecule has 0 radical (unpaired) electrons. The van der Waals surface area contributed by atoms with Crippen LogP contribution in [0.15, 0.2) is 53.3 Å². The molecule has 0 amide bonds. The van der Waals surface area contributed by atoms with E-state index in [1.807, 2.05) is 30.3 Å². The van der Waals surface area contributed by atoms with Crippen molar-refractivity contribution in [1.82, 2.24) is 9.78 Å². The summed E-state index contributed by atoms with van der Waals surface area (Å²) in [6.45, 7) is 2.92. The van der Waals surface area contributed by atoms with Gasteiger partial charge in [0.05, 0.1) is 12.3 Å². The summed E-state index contributed by atoms with van der Waals surface area (Å²) in [7, 11) is 0. The zero-order valence-corrected chi connectivity index (χ0v) is 19.0. The average Bonchev–Trinajstić information content (AvgIpc) is 3.22. The van der Waals surface area contributed by atoms with Gasteiger partial charge >= 0.3 is 5.97 Å². The molecule has 1 aromatic carbocycles. The Kier molecular flexibility index (Phi) is 7.17. The Morgan fingerprint density at radius 1 is 1.12 bits per heavy atom. The molecule has 32 heavy (non-hydrogen) atoms. The number of aromatic nitrogens is 2. The van der Waals surface area contributed by atoms with Gasteiger partial charge in [0.15, 0.2) is 0 Å². The van der Waals surface area contributed by atoms with Crippen LogP contribution in [0.25, 0.3) is 21.7 Å². The number of nitrogens with zero attached hydrogens (tertiary/aromatic N) is 2. The van der Waals surface area contributed by atoms with E-state index >= 15 is 0 Å². The van der Waals surface area contributed by atoms with E-state index in [0.717, 1.165) is 47.4 Å². The second-order valence-electron chi connectivity index (χ2n) is 8.50. The zero-order chi connectivity index (χ0) is 22.5. The van der Waals surface area contributed by atoms with Crippen LogP contribution >= 0.6 is 11.3 Å². The first-order valence-corrected chi connectivity index (χ1v) is 11.8. The highest BCUT2D eigenvalue weighted by Gasteiger charge is 2.23. The van der Waals surface area contributed by atoms with Crippen LogP contribution in [0.2, 0.25) is 0 Å². The molecule has 1 saturated carbocycles. The van der Waals surface area contributed by atoms with Gasteiger partial charge in [-0.25, -0.2) is 9.48 Å². The van der Waals surface area contributed by atoms with Gasteiger partial charge in [0, 0.05) is 33.5 Å². The highest BCUT2D eigenvalue weighted by Crippen LogP contribution is 2.34. The van der Waals surface area contributed by atoms with Crippen molar-refractivity contribution < 1.29 is 14.6 Å². The summed E-state index contributed by atoms with van der Waals surface area (Å²) in [5.74, 6) is -0.159. The fourth-order valence-electron chi connectivity index (χ4n) is 4.34. The lowest BCUT2D eigenvalue weighted by molar-refractivity contribution is -0.142. The van der Waals surface area contributed by atoms with Crippen LogP contribution in [0, 0.1) is 18.8 Å². The monoisotopic (exact) mass is 452 g/mol. The molecule has 0 saturated heterocycles. The predicted octanol–water partition coefficient (Wildman–Crippen LogP) is 4.85. The van der Waals surface area contributed by atoms with E-state index in [-0.39, 0.29) is 12.2 Å². The molecule has 1 fully saturated rings. The van der Waals surface area contributed by atoms with Crippen molar-refractivity contribution in [1.29, 1.82) is 0 Å². The third kappa shape index (κ3) is 5.53. The smallest absolute Gasteiger partial charge is 0.329 e. The number of thiophene rings is 1. The highest BCUT2D eigenvalue weighted by molar-refractivity contribution is 7.15. The molecular formula is C25H28N2O4S. The van der Waals surface area contributed by atoms with Gasteiger partial charge in [-0.1, -0.05) is 30.3 Å². The van der Waals surface area contributed by atoms with Gasteiger partial charge in [-0.2, -0.15) is 5.10 Å². The lowest BCUT2D eigenvalue weighted by Gasteiger charge is -2.28. The molecule has 1 N–H and O–H groups in total. The Hall–Kier alpha value is -2.77. The van der Waals surface area contributed by atoms with Crippen molar-refractivity contribution in [3.8, 4) is 21.7 Å². The van der Waals surface area contributed by atoms with E-state index in [9.17, 15) is 9.59 Å². The van der Waals surface area contributed by atoms with Crippen molar-refractivity contribution in [2.75, 3.05) is 13.2 Å². The lowest BCUT2D eigenvalue weighted by Crippen LogP contribution is -2.29. The minimum atomic E-state index is -0.931. The molecule has 4 rings (SSSR count). The van der Waals surface area contributed by atoms with Crippen molar-refractivity contribution in [2.24, 2.45) is 11.8 Å². The van der Waals surface area contributed by atoms with Crippen LogP contribution in [0.5, 0.6) is 0 Å². The number of rotatable bonds is 8. The van der Waals surface area contributed by atoms with E-state index in [1.165, 1.54) is 4.88 Å². The third-order valence-corrected chi connectivity index (χ3v) is 7.06. The molecule has 3 aromatic rings. The molecule has 1 aliphatic rings. The van der Waals surface area contributed by atoms with E-state index < -0.39 is 5.97 Å². The molecule has 2 aromatic heterocycles. The highest BCUT2D eigenvalue weighted by atomic mass is 32.1. The van der Waals surface area contributed by atoms with E-state index in [1.54, 1.807) is 22.1 Å². The van der Waals surface area contributed by atoms with E-state index in [0.29, 0.717) is 25.0 Å². The van der Waals surface area contributed by atoms with Crippen molar-refractivity contribution in [3.63, 3.8) is 0 Å². The van der Waals surface area contributed by atoms with Gasteiger partial charge in [-0.05, 0) is 56.6 Å². The molecular weight excluding hydrogens is 424 g/mol. The largest absolute Gasteiger partial charge is 0.480 e. The minimum Gasteiger partial charge on any atom is -0.480 e. The van der Waals surface area contributed by atoms with Gasteiger partial charge in [0.1, 0.15) is 6.61 Å². The number of hydrogen-bond acceptors (Lipinski definition) is 5. The van der Waals surface area contributed by atoms with E-state index in [2.05, 4.69) is 19.1 Å². The van der Waals surface area contributed by atoms with Crippen LogP contribution in [-0.4, -0.2) is 34.1 Å². The number of ether oxygens (including phenoxy) is 1. The maximum absolute atomic E-state index is 13.0. The quantitative estimate of drug-likeness (QED) is 0.528. The molecule has 0 aliphatic heterocycles. The summed E-state index contributed by atoms with van der Waals surface area (Å²) >= 11 is 1.67.